The van der Waals surface area contributed by atoms with Gasteiger partial charge in [0.05, 0.1) is 10.7 Å². The van der Waals surface area contributed by atoms with Crippen LogP contribution >= 0.6 is 23.1 Å². The largest absolute Gasteiger partial charge is 0.312 e. The summed E-state index contributed by atoms with van der Waals surface area (Å²) >= 11 is 2.59. The smallest absolute Gasteiger partial charge is 0.262 e. The van der Waals surface area contributed by atoms with Crippen molar-refractivity contribution >= 4 is 23.1 Å². The molecule has 1 heterocycles. The predicted octanol–water partition coefficient (Wildman–Crippen LogP) is 2.76. The highest BCUT2D eigenvalue weighted by Gasteiger charge is 2.08. The van der Waals surface area contributed by atoms with Gasteiger partial charge < -0.3 is 0 Å². The first-order chi connectivity index (χ1) is 7.22. The quantitative estimate of drug-likeness (QED) is 0.754. The lowest BCUT2D eigenvalue weighted by Crippen LogP contribution is -2.11. The molecule has 0 bridgehead atoms. The molecule has 5 heteroatoms. The van der Waals surface area contributed by atoms with Crippen molar-refractivity contribution in [1.29, 1.82) is 0 Å². The molecular formula is C10H8FNOS2. The molecule has 0 unspecified atom stereocenters. The molecular weight excluding hydrogens is 233 g/mol. The van der Waals surface area contributed by atoms with Crippen molar-refractivity contribution < 1.29 is 4.39 Å². The summed E-state index contributed by atoms with van der Waals surface area (Å²) in [6, 6.07) is 6.03. The zero-order valence-electron chi connectivity index (χ0n) is 7.94. The molecule has 78 valence electrons. The lowest BCUT2D eigenvalue weighted by molar-refractivity contribution is 0.626. The van der Waals surface area contributed by atoms with Crippen molar-refractivity contribution in [2.45, 2.75) is 5.03 Å². The summed E-state index contributed by atoms with van der Waals surface area (Å²) in [4.78, 5) is 11.5. The Morgan fingerprint density at radius 3 is 2.93 bits per heavy atom. The van der Waals surface area contributed by atoms with Crippen LogP contribution in [0.3, 0.4) is 0 Å². The monoisotopic (exact) mass is 241 g/mol. The lowest BCUT2D eigenvalue weighted by atomic mass is 10.3. The highest BCUT2D eigenvalue weighted by molar-refractivity contribution is 7.98. The molecule has 2 rings (SSSR count). The standard InChI is InChI=1S/C10H8FNOS2/c1-14-9-6-15-10(13)12(9)8-4-2-3-7(11)5-8/h2-6H,1H3. The van der Waals surface area contributed by atoms with Gasteiger partial charge in [0.1, 0.15) is 5.82 Å². The molecule has 1 aromatic heterocycles. The zero-order chi connectivity index (χ0) is 10.8. The van der Waals surface area contributed by atoms with Crippen LogP contribution in [-0.4, -0.2) is 10.8 Å². The van der Waals surface area contributed by atoms with E-state index in [1.165, 1.54) is 28.5 Å². The van der Waals surface area contributed by atoms with E-state index in [9.17, 15) is 9.18 Å². The van der Waals surface area contributed by atoms with E-state index in [1.54, 1.807) is 17.5 Å². The highest BCUT2D eigenvalue weighted by Crippen LogP contribution is 2.20. The number of thiazole rings is 1. The molecule has 0 fully saturated rings. The van der Waals surface area contributed by atoms with Crippen molar-refractivity contribution in [3.8, 4) is 5.69 Å². The van der Waals surface area contributed by atoms with Gasteiger partial charge >= 0.3 is 4.87 Å². The summed E-state index contributed by atoms with van der Waals surface area (Å²) in [6.45, 7) is 0. The van der Waals surface area contributed by atoms with Gasteiger partial charge in [0, 0.05) is 5.38 Å². The number of halogens is 1. The van der Waals surface area contributed by atoms with Crippen LogP contribution < -0.4 is 4.87 Å². The van der Waals surface area contributed by atoms with Gasteiger partial charge in [0.15, 0.2) is 0 Å². The summed E-state index contributed by atoms with van der Waals surface area (Å²) < 4.78 is 14.5. The van der Waals surface area contributed by atoms with Crippen LogP contribution in [0.5, 0.6) is 0 Å². The Morgan fingerprint density at radius 2 is 2.27 bits per heavy atom. The zero-order valence-corrected chi connectivity index (χ0v) is 9.57. The third-order valence-corrected chi connectivity index (χ3v) is 3.53. The number of hydrogen-bond acceptors (Lipinski definition) is 3. The molecule has 0 saturated carbocycles. The first-order valence-electron chi connectivity index (χ1n) is 4.23. The Labute approximate surface area is 94.4 Å². The second-order valence-corrected chi connectivity index (χ2v) is 4.51. The Bertz CT molecular complexity index is 532. The van der Waals surface area contributed by atoms with E-state index in [-0.39, 0.29) is 10.7 Å². The summed E-state index contributed by atoms with van der Waals surface area (Å²) in [5, 5.41) is 2.60. The van der Waals surface area contributed by atoms with Crippen molar-refractivity contribution in [1.82, 2.24) is 4.57 Å². The SMILES string of the molecule is CSc1csc(=O)n1-c1cccc(F)c1. The first kappa shape index (κ1) is 10.4. The van der Waals surface area contributed by atoms with Crippen molar-refractivity contribution in [3.05, 3.63) is 45.1 Å². The lowest BCUT2D eigenvalue weighted by Gasteiger charge is -2.04. The molecule has 0 N–H and O–H groups in total. The van der Waals surface area contributed by atoms with Crippen molar-refractivity contribution in [3.63, 3.8) is 0 Å². The molecule has 0 atom stereocenters. The minimum absolute atomic E-state index is 0.0926. The number of nitrogens with zero attached hydrogens (tertiary/aromatic N) is 1. The Hall–Kier alpha value is -1.07. The molecule has 0 aliphatic rings. The fourth-order valence-corrected chi connectivity index (χ4v) is 2.86. The molecule has 15 heavy (non-hydrogen) atoms. The molecule has 0 radical (unpaired) electrons. The average molecular weight is 241 g/mol. The van der Waals surface area contributed by atoms with E-state index in [0.717, 1.165) is 16.4 Å². The summed E-state index contributed by atoms with van der Waals surface area (Å²) in [5.41, 5.74) is 0.575. The van der Waals surface area contributed by atoms with Crippen LogP contribution in [0.25, 0.3) is 5.69 Å². The van der Waals surface area contributed by atoms with Gasteiger partial charge in [0.25, 0.3) is 0 Å². The maximum atomic E-state index is 13.0. The molecule has 0 saturated heterocycles. The summed E-state index contributed by atoms with van der Waals surface area (Å²) in [5.74, 6) is -0.336. The van der Waals surface area contributed by atoms with Crippen LogP contribution in [0.1, 0.15) is 0 Å². The minimum atomic E-state index is -0.336. The van der Waals surface area contributed by atoms with Crippen molar-refractivity contribution in [2.24, 2.45) is 0 Å². The van der Waals surface area contributed by atoms with Gasteiger partial charge in [-0.15, -0.1) is 11.8 Å². The molecule has 0 amide bonds. The van der Waals surface area contributed by atoms with Gasteiger partial charge in [0.2, 0.25) is 0 Å². The number of aromatic nitrogens is 1. The van der Waals surface area contributed by atoms with Gasteiger partial charge in [-0.25, -0.2) is 4.39 Å². The Balaban J connectivity index is 2.62. The van der Waals surface area contributed by atoms with E-state index < -0.39 is 0 Å². The van der Waals surface area contributed by atoms with Gasteiger partial charge in [-0.05, 0) is 24.5 Å². The average Bonchev–Trinajstić information content (AvgIpc) is 2.59. The van der Waals surface area contributed by atoms with Crippen LogP contribution in [0.2, 0.25) is 0 Å². The topological polar surface area (TPSA) is 22.0 Å². The third kappa shape index (κ3) is 1.98. The second-order valence-electron chi connectivity index (χ2n) is 2.86. The summed E-state index contributed by atoms with van der Waals surface area (Å²) in [7, 11) is 0. The first-order valence-corrected chi connectivity index (χ1v) is 6.33. The molecule has 2 nitrogen and oxygen atoms in total. The maximum absolute atomic E-state index is 13.0. The maximum Gasteiger partial charge on any atom is 0.312 e. The number of rotatable bonds is 2. The third-order valence-electron chi connectivity index (χ3n) is 1.94. The van der Waals surface area contributed by atoms with E-state index in [0.29, 0.717) is 5.69 Å². The molecule has 0 aliphatic carbocycles. The number of hydrogen-bond donors (Lipinski definition) is 0. The predicted molar refractivity (Wildman–Crippen MR) is 61.7 cm³/mol. The van der Waals surface area contributed by atoms with Gasteiger partial charge in [-0.1, -0.05) is 17.4 Å². The normalized spacial score (nSPS) is 10.5. The molecule has 2 aromatic rings. The van der Waals surface area contributed by atoms with Crippen LogP contribution in [0, 0.1) is 5.82 Å². The van der Waals surface area contributed by atoms with E-state index >= 15 is 0 Å². The molecule has 0 aliphatic heterocycles. The van der Waals surface area contributed by atoms with Gasteiger partial charge in [-0.3, -0.25) is 9.36 Å². The molecule has 0 spiro atoms. The van der Waals surface area contributed by atoms with E-state index in [1.807, 2.05) is 6.26 Å². The van der Waals surface area contributed by atoms with E-state index in [4.69, 9.17) is 0 Å². The van der Waals surface area contributed by atoms with Gasteiger partial charge in [-0.2, -0.15) is 0 Å². The van der Waals surface area contributed by atoms with E-state index in [2.05, 4.69) is 0 Å². The Morgan fingerprint density at radius 1 is 1.47 bits per heavy atom. The van der Waals surface area contributed by atoms with Crippen LogP contribution in [-0.2, 0) is 0 Å². The highest BCUT2D eigenvalue weighted by atomic mass is 32.2. The number of thioether (sulfide) groups is 1. The number of benzene rings is 1. The molecule has 1 aromatic carbocycles. The van der Waals surface area contributed by atoms with Crippen molar-refractivity contribution in [2.75, 3.05) is 6.26 Å². The fourth-order valence-electron chi connectivity index (χ4n) is 1.28. The fraction of sp³-hybridized carbons (Fsp3) is 0.100. The Kier molecular flexibility index (Phi) is 2.93. The van der Waals surface area contributed by atoms with Crippen LogP contribution in [0.15, 0.2) is 39.5 Å². The summed E-state index contributed by atoms with van der Waals surface area (Å²) in [6.07, 6.45) is 1.89. The minimum Gasteiger partial charge on any atom is -0.262 e. The second kappa shape index (κ2) is 4.20. The van der Waals surface area contributed by atoms with Crippen LogP contribution in [0.4, 0.5) is 4.39 Å².